The minimum atomic E-state index is -0.232. The first-order chi connectivity index (χ1) is 14.1. The molecule has 2 aliphatic carbocycles. The van der Waals surface area contributed by atoms with Crippen molar-refractivity contribution in [1.29, 1.82) is 0 Å². The minimum absolute atomic E-state index is 0.0434. The predicted octanol–water partition coefficient (Wildman–Crippen LogP) is 6.33. The summed E-state index contributed by atoms with van der Waals surface area (Å²) in [4.78, 5) is 5.01. The van der Waals surface area contributed by atoms with E-state index in [9.17, 15) is 5.26 Å². The smallest absolute Gasteiger partial charge is 0.160 e. The molecule has 162 valence electrons. The van der Waals surface area contributed by atoms with Crippen LogP contribution in [-0.4, -0.2) is 24.8 Å². The molecule has 3 aliphatic rings. The average molecular weight is 403 g/mol. The molecule has 4 nitrogen and oxygen atoms in total. The largest absolute Gasteiger partial charge is 0.352 e. The van der Waals surface area contributed by atoms with Crippen LogP contribution >= 0.6 is 0 Å². The van der Waals surface area contributed by atoms with Crippen molar-refractivity contribution in [2.45, 2.75) is 83.5 Å². The van der Waals surface area contributed by atoms with Gasteiger partial charge in [0.25, 0.3) is 0 Å². The van der Waals surface area contributed by atoms with Crippen LogP contribution in [0.3, 0.4) is 0 Å². The Hall–Kier alpha value is -0.940. The van der Waals surface area contributed by atoms with Gasteiger partial charge < -0.3 is 9.47 Å². The van der Waals surface area contributed by atoms with Crippen LogP contribution in [0.5, 0.6) is 0 Å². The second kappa shape index (κ2) is 9.91. The van der Waals surface area contributed by atoms with Gasteiger partial charge in [0, 0.05) is 11.8 Å². The maximum absolute atomic E-state index is 9.67. The maximum Gasteiger partial charge on any atom is 0.160 e. The van der Waals surface area contributed by atoms with Crippen LogP contribution in [0.15, 0.2) is 24.3 Å². The molecule has 1 aromatic carbocycles. The van der Waals surface area contributed by atoms with Crippen LogP contribution in [0.4, 0.5) is 0 Å². The van der Waals surface area contributed by atoms with Crippen molar-refractivity contribution in [3.8, 4) is 0 Å². The third-order valence-corrected chi connectivity index (χ3v) is 7.59. The zero-order valence-electron chi connectivity index (χ0n) is 18.1. The Balaban J connectivity index is 1.32. The third-order valence-electron chi connectivity index (χ3n) is 7.59. The van der Waals surface area contributed by atoms with Gasteiger partial charge in [0.1, 0.15) is 6.10 Å². The van der Waals surface area contributed by atoms with E-state index in [1.54, 1.807) is 0 Å². The normalized spacial score (nSPS) is 37.2. The van der Waals surface area contributed by atoms with Gasteiger partial charge in [-0.15, -0.1) is 0 Å². The monoisotopic (exact) mass is 402 g/mol. The van der Waals surface area contributed by atoms with Gasteiger partial charge in [0.15, 0.2) is 6.29 Å². The van der Waals surface area contributed by atoms with E-state index in [2.05, 4.69) is 38.1 Å². The molecule has 4 rings (SSSR count). The van der Waals surface area contributed by atoms with Gasteiger partial charge in [-0.3, -0.25) is 5.26 Å². The highest BCUT2D eigenvalue weighted by molar-refractivity contribution is 5.27. The number of rotatable bonds is 5. The Kier molecular flexibility index (Phi) is 7.28. The van der Waals surface area contributed by atoms with Crippen LogP contribution in [0, 0.1) is 23.7 Å². The molecule has 0 spiro atoms. The van der Waals surface area contributed by atoms with Crippen molar-refractivity contribution in [3.63, 3.8) is 0 Å². The van der Waals surface area contributed by atoms with E-state index < -0.39 is 0 Å². The SMILES string of the molecule is CC1CCC(c2ccc(C(OO)C3CCC(C4OCC(C)CO4)CC3)cc2)CC1. The lowest BCUT2D eigenvalue weighted by molar-refractivity contribution is -0.298. The molecule has 0 bridgehead atoms. The van der Waals surface area contributed by atoms with Gasteiger partial charge in [-0.2, -0.15) is 0 Å². The van der Waals surface area contributed by atoms with Crippen LogP contribution in [0.2, 0.25) is 0 Å². The first kappa shape index (κ1) is 21.3. The molecule has 0 radical (unpaired) electrons. The summed E-state index contributed by atoms with van der Waals surface area (Å²) in [6.45, 7) is 6.14. The maximum atomic E-state index is 9.67. The van der Waals surface area contributed by atoms with E-state index >= 15 is 0 Å². The van der Waals surface area contributed by atoms with E-state index in [0.29, 0.717) is 23.7 Å². The van der Waals surface area contributed by atoms with Gasteiger partial charge in [-0.05, 0) is 67.4 Å². The standard InChI is InChI=1S/C25H38O4/c1-17-3-5-19(6-4-17)20-7-9-21(10-8-20)24(29-26)22-11-13-23(14-12-22)25-27-15-18(2)16-28-25/h7-10,17-19,22-26H,3-6,11-16H2,1-2H3. The summed E-state index contributed by atoms with van der Waals surface area (Å²) in [6, 6.07) is 8.88. The molecule has 1 aliphatic heterocycles. The summed E-state index contributed by atoms with van der Waals surface area (Å²) < 4.78 is 11.8. The predicted molar refractivity (Wildman–Crippen MR) is 114 cm³/mol. The summed E-state index contributed by atoms with van der Waals surface area (Å²) in [5, 5.41) is 9.67. The molecule has 1 unspecified atom stereocenters. The molecular weight excluding hydrogens is 364 g/mol. The van der Waals surface area contributed by atoms with Crippen molar-refractivity contribution in [2.24, 2.45) is 23.7 Å². The summed E-state index contributed by atoms with van der Waals surface area (Å²) in [5.41, 5.74) is 2.55. The quantitative estimate of drug-likeness (QED) is 0.462. The summed E-state index contributed by atoms with van der Waals surface area (Å²) >= 11 is 0. The van der Waals surface area contributed by atoms with Gasteiger partial charge in [0.2, 0.25) is 0 Å². The van der Waals surface area contributed by atoms with Crippen LogP contribution < -0.4 is 0 Å². The van der Waals surface area contributed by atoms with Gasteiger partial charge >= 0.3 is 0 Å². The highest BCUT2D eigenvalue weighted by Crippen LogP contribution is 2.42. The van der Waals surface area contributed by atoms with Crippen molar-refractivity contribution in [1.82, 2.24) is 0 Å². The van der Waals surface area contributed by atoms with Gasteiger partial charge in [-0.1, -0.05) is 51.0 Å². The molecule has 3 fully saturated rings. The molecule has 1 aromatic rings. The van der Waals surface area contributed by atoms with Crippen molar-refractivity contribution in [3.05, 3.63) is 35.4 Å². The van der Waals surface area contributed by atoms with Crippen molar-refractivity contribution >= 4 is 0 Å². The van der Waals surface area contributed by atoms with Crippen molar-refractivity contribution < 1.29 is 19.6 Å². The van der Waals surface area contributed by atoms with E-state index in [4.69, 9.17) is 14.4 Å². The second-order valence-electron chi connectivity index (χ2n) is 9.96. The lowest BCUT2D eigenvalue weighted by atomic mass is 9.76. The van der Waals surface area contributed by atoms with Crippen LogP contribution in [-0.2, 0) is 14.4 Å². The molecule has 0 amide bonds. The fraction of sp³-hybridized carbons (Fsp3) is 0.760. The highest BCUT2D eigenvalue weighted by Gasteiger charge is 2.35. The van der Waals surface area contributed by atoms with Crippen LogP contribution in [0.25, 0.3) is 0 Å². The lowest BCUT2D eigenvalue weighted by Gasteiger charge is -2.38. The Morgan fingerprint density at radius 1 is 0.828 bits per heavy atom. The van der Waals surface area contributed by atoms with E-state index in [-0.39, 0.29) is 12.4 Å². The Morgan fingerprint density at radius 3 is 2.03 bits per heavy atom. The zero-order chi connectivity index (χ0) is 20.2. The van der Waals surface area contributed by atoms with E-state index in [0.717, 1.165) is 50.4 Å². The van der Waals surface area contributed by atoms with Crippen LogP contribution in [0.1, 0.15) is 88.4 Å². The molecule has 4 heteroatoms. The summed E-state index contributed by atoms with van der Waals surface area (Å²) in [6.07, 6.45) is 9.22. The Labute approximate surface area is 175 Å². The summed E-state index contributed by atoms with van der Waals surface area (Å²) in [5.74, 6) is 2.88. The minimum Gasteiger partial charge on any atom is -0.352 e. The Bertz CT molecular complexity index is 606. The Morgan fingerprint density at radius 2 is 1.45 bits per heavy atom. The average Bonchev–Trinajstić information content (AvgIpc) is 2.76. The van der Waals surface area contributed by atoms with Gasteiger partial charge in [-0.25, -0.2) is 4.89 Å². The molecule has 2 saturated carbocycles. The molecule has 1 N–H and O–H groups in total. The summed E-state index contributed by atoms with van der Waals surface area (Å²) in [7, 11) is 0. The molecule has 1 atom stereocenters. The molecule has 0 aromatic heterocycles. The first-order valence-electron chi connectivity index (χ1n) is 11.8. The molecule has 29 heavy (non-hydrogen) atoms. The zero-order valence-corrected chi connectivity index (χ0v) is 18.1. The molecule has 1 heterocycles. The fourth-order valence-electron chi connectivity index (χ4n) is 5.58. The van der Waals surface area contributed by atoms with E-state index in [1.807, 2.05) is 0 Å². The van der Waals surface area contributed by atoms with Crippen molar-refractivity contribution in [2.75, 3.05) is 13.2 Å². The number of hydrogen-bond donors (Lipinski definition) is 1. The topological polar surface area (TPSA) is 47.9 Å². The highest BCUT2D eigenvalue weighted by atomic mass is 17.1. The lowest BCUT2D eigenvalue weighted by Crippen LogP contribution is -2.38. The third kappa shape index (κ3) is 5.22. The van der Waals surface area contributed by atoms with E-state index in [1.165, 1.54) is 31.2 Å². The molecular formula is C25H38O4. The van der Waals surface area contributed by atoms with Gasteiger partial charge in [0.05, 0.1) is 13.2 Å². The fourth-order valence-corrected chi connectivity index (χ4v) is 5.58. The number of benzene rings is 1. The number of ether oxygens (including phenoxy) is 2. The molecule has 1 saturated heterocycles. The first-order valence-corrected chi connectivity index (χ1v) is 11.8. The second-order valence-corrected chi connectivity index (χ2v) is 9.96. The number of hydrogen-bond acceptors (Lipinski definition) is 4.